The Morgan fingerprint density at radius 2 is 2.32 bits per heavy atom. The number of rotatable bonds is 2. The minimum atomic E-state index is -0.218. The van der Waals surface area contributed by atoms with Gasteiger partial charge in [-0.25, -0.2) is 9.37 Å². The lowest BCUT2D eigenvalue weighted by molar-refractivity contribution is 0.311. The molecule has 19 heavy (non-hydrogen) atoms. The molecule has 3 nitrogen and oxygen atoms in total. The highest BCUT2D eigenvalue weighted by Crippen LogP contribution is 2.29. The Morgan fingerprint density at radius 3 is 3.05 bits per heavy atom. The monoisotopic (exact) mass is 261 g/mol. The largest absolute Gasteiger partial charge is 0.327 e. The van der Waals surface area contributed by atoms with Crippen LogP contribution in [0, 0.1) is 11.7 Å². The Hall–Kier alpha value is -1.42. The van der Waals surface area contributed by atoms with E-state index in [0.29, 0.717) is 12.0 Å². The molecule has 0 radical (unpaired) electrons. The van der Waals surface area contributed by atoms with Gasteiger partial charge in [0.1, 0.15) is 11.6 Å². The summed E-state index contributed by atoms with van der Waals surface area (Å²) in [4.78, 5) is 4.66. The van der Waals surface area contributed by atoms with E-state index >= 15 is 0 Å². The molecule has 0 amide bonds. The lowest BCUT2D eigenvalue weighted by Crippen LogP contribution is -2.32. The fourth-order valence-corrected chi connectivity index (χ4v) is 3.02. The van der Waals surface area contributed by atoms with Gasteiger partial charge in [-0.3, -0.25) is 0 Å². The Balaban J connectivity index is 2.06. The van der Waals surface area contributed by atoms with Gasteiger partial charge in [0.05, 0.1) is 17.1 Å². The molecule has 1 N–H and O–H groups in total. The molecule has 1 aromatic carbocycles. The summed E-state index contributed by atoms with van der Waals surface area (Å²) in [6, 6.07) is 5.16. The van der Waals surface area contributed by atoms with Crippen molar-refractivity contribution >= 4 is 11.0 Å². The maximum atomic E-state index is 13.3. The zero-order valence-corrected chi connectivity index (χ0v) is 11.5. The van der Waals surface area contributed by atoms with Crippen molar-refractivity contribution in [1.82, 2.24) is 14.9 Å². The Labute approximate surface area is 112 Å². The van der Waals surface area contributed by atoms with Crippen LogP contribution in [0.4, 0.5) is 4.39 Å². The number of fused-ring (bicyclic) bond motifs is 1. The summed E-state index contributed by atoms with van der Waals surface area (Å²) in [6.07, 6.45) is 2.32. The third kappa shape index (κ3) is 2.25. The number of piperidine rings is 1. The molecule has 3 rings (SSSR count). The summed E-state index contributed by atoms with van der Waals surface area (Å²) in [5.74, 6) is 1.55. The number of hydrogen-bond donors (Lipinski definition) is 1. The second kappa shape index (κ2) is 4.93. The van der Waals surface area contributed by atoms with Crippen molar-refractivity contribution in [3.63, 3.8) is 0 Å². The quantitative estimate of drug-likeness (QED) is 0.899. The summed E-state index contributed by atoms with van der Waals surface area (Å²) in [5, 5.41) is 3.54. The zero-order chi connectivity index (χ0) is 13.4. The van der Waals surface area contributed by atoms with Crippen LogP contribution in [0.3, 0.4) is 0 Å². The van der Waals surface area contributed by atoms with Crippen molar-refractivity contribution in [3.05, 3.63) is 29.8 Å². The smallest absolute Gasteiger partial charge is 0.127 e. The summed E-state index contributed by atoms with van der Waals surface area (Å²) in [6.45, 7) is 6.30. The van der Waals surface area contributed by atoms with E-state index in [-0.39, 0.29) is 5.82 Å². The number of imidazole rings is 1. The van der Waals surface area contributed by atoms with Crippen molar-refractivity contribution in [2.24, 2.45) is 5.92 Å². The molecule has 102 valence electrons. The van der Waals surface area contributed by atoms with E-state index in [1.807, 2.05) is 6.07 Å². The minimum Gasteiger partial charge on any atom is -0.327 e. The van der Waals surface area contributed by atoms with Crippen LogP contribution in [-0.2, 0) is 6.54 Å². The third-order valence-electron chi connectivity index (χ3n) is 4.03. The normalized spacial score (nSPS) is 23.9. The molecule has 0 spiro atoms. The second-order valence-electron chi connectivity index (χ2n) is 5.48. The number of halogens is 1. The molecule has 2 atom stereocenters. The first-order valence-electron chi connectivity index (χ1n) is 7.08. The van der Waals surface area contributed by atoms with E-state index in [0.717, 1.165) is 36.4 Å². The highest BCUT2D eigenvalue weighted by atomic mass is 19.1. The van der Waals surface area contributed by atoms with Gasteiger partial charge < -0.3 is 9.88 Å². The standard InChI is InChI=1S/C15H20FN3/c1-3-19-14-5-4-11(16)9-12(14)18-15(19)13-8-10(2)6-7-17-13/h4-5,9-10,13,17H,3,6-8H2,1-2H3. The molecule has 2 unspecified atom stereocenters. The van der Waals surface area contributed by atoms with Gasteiger partial charge >= 0.3 is 0 Å². The van der Waals surface area contributed by atoms with Gasteiger partial charge in [0.2, 0.25) is 0 Å². The fourth-order valence-electron chi connectivity index (χ4n) is 3.02. The number of aromatic nitrogens is 2. The van der Waals surface area contributed by atoms with Crippen LogP contribution in [0.15, 0.2) is 18.2 Å². The summed E-state index contributed by atoms with van der Waals surface area (Å²) in [7, 11) is 0. The third-order valence-corrected chi connectivity index (χ3v) is 4.03. The number of aryl methyl sites for hydroxylation is 1. The molecule has 1 aliphatic rings. The molecule has 0 bridgehead atoms. The van der Waals surface area contributed by atoms with E-state index in [4.69, 9.17) is 0 Å². The van der Waals surface area contributed by atoms with Crippen LogP contribution < -0.4 is 5.32 Å². The highest BCUT2D eigenvalue weighted by Gasteiger charge is 2.24. The molecule has 1 fully saturated rings. The van der Waals surface area contributed by atoms with Crippen molar-refractivity contribution in [2.75, 3.05) is 6.54 Å². The zero-order valence-electron chi connectivity index (χ0n) is 11.5. The van der Waals surface area contributed by atoms with Gasteiger partial charge in [0, 0.05) is 12.6 Å². The van der Waals surface area contributed by atoms with Crippen molar-refractivity contribution in [1.29, 1.82) is 0 Å². The van der Waals surface area contributed by atoms with Gasteiger partial charge in [-0.05, 0) is 44.4 Å². The summed E-state index contributed by atoms with van der Waals surface area (Å²) >= 11 is 0. The van der Waals surface area contributed by atoms with Crippen LogP contribution in [0.25, 0.3) is 11.0 Å². The molecule has 1 aromatic heterocycles. The average molecular weight is 261 g/mol. The van der Waals surface area contributed by atoms with Crippen LogP contribution in [-0.4, -0.2) is 16.1 Å². The Morgan fingerprint density at radius 1 is 1.47 bits per heavy atom. The lowest BCUT2D eigenvalue weighted by atomic mass is 9.94. The van der Waals surface area contributed by atoms with Gasteiger partial charge in [-0.2, -0.15) is 0 Å². The predicted octanol–water partition coefficient (Wildman–Crippen LogP) is 3.26. The Bertz CT molecular complexity index is 590. The van der Waals surface area contributed by atoms with Crippen molar-refractivity contribution in [3.8, 4) is 0 Å². The van der Waals surface area contributed by atoms with Crippen LogP contribution >= 0.6 is 0 Å². The average Bonchev–Trinajstić information content (AvgIpc) is 2.76. The highest BCUT2D eigenvalue weighted by molar-refractivity contribution is 5.76. The molecule has 0 saturated carbocycles. The number of benzene rings is 1. The van der Waals surface area contributed by atoms with Crippen LogP contribution in [0.5, 0.6) is 0 Å². The number of hydrogen-bond acceptors (Lipinski definition) is 2. The van der Waals surface area contributed by atoms with Gasteiger partial charge in [-0.15, -0.1) is 0 Å². The first kappa shape index (κ1) is 12.6. The van der Waals surface area contributed by atoms with E-state index < -0.39 is 0 Å². The minimum absolute atomic E-state index is 0.218. The number of nitrogens with zero attached hydrogens (tertiary/aromatic N) is 2. The summed E-state index contributed by atoms with van der Waals surface area (Å²) in [5.41, 5.74) is 1.79. The lowest BCUT2D eigenvalue weighted by Gasteiger charge is -2.28. The first-order chi connectivity index (χ1) is 9.19. The summed E-state index contributed by atoms with van der Waals surface area (Å²) < 4.78 is 15.5. The van der Waals surface area contributed by atoms with Gasteiger partial charge in [0.25, 0.3) is 0 Å². The van der Waals surface area contributed by atoms with E-state index in [2.05, 4.69) is 28.7 Å². The molecule has 1 saturated heterocycles. The van der Waals surface area contributed by atoms with Crippen LogP contribution in [0.1, 0.15) is 38.6 Å². The molecule has 4 heteroatoms. The number of nitrogens with one attached hydrogen (secondary N) is 1. The van der Waals surface area contributed by atoms with Crippen LogP contribution in [0.2, 0.25) is 0 Å². The Kier molecular flexibility index (Phi) is 3.27. The molecular weight excluding hydrogens is 241 g/mol. The molecule has 1 aliphatic heterocycles. The van der Waals surface area contributed by atoms with E-state index in [9.17, 15) is 4.39 Å². The van der Waals surface area contributed by atoms with Crippen molar-refractivity contribution < 1.29 is 4.39 Å². The maximum Gasteiger partial charge on any atom is 0.127 e. The molecule has 2 heterocycles. The van der Waals surface area contributed by atoms with E-state index in [1.54, 1.807) is 0 Å². The molecular formula is C15H20FN3. The first-order valence-corrected chi connectivity index (χ1v) is 7.08. The van der Waals surface area contributed by atoms with Gasteiger partial charge in [0.15, 0.2) is 0 Å². The predicted molar refractivity (Wildman–Crippen MR) is 74.5 cm³/mol. The van der Waals surface area contributed by atoms with Gasteiger partial charge in [-0.1, -0.05) is 6.92 Å². The maximum absolute atomic E-state index is 13.3. The van der Waals surface area contributed by atoms with Crippen molar-refractivity contribution in [2.45, 2.75) is 39.3 Å². The molecule has 0 aliphatic carbocycles. The SMILES string of the molecule is CCn1c(C2CC(C)CCN2)nc2cc(F)ccc21. The molecule has 2 aromatic rings. The fraction of sp³-hybridized carbons (Fsp3) is 0.533. The second-order valence-corrected chi connectivity index (χ2v) is 5.48. The van der Waals surface area contributed by atoms with E-state index in [1.165, 1.54) is 18.6 Å². The topological polar surface area (TPSA) is 29.9 Å².